The summed E-state index contributed by atoms with van der Waals surface area (Å²) in [6.07, 6.45) is 15.5. The van der Waals surface area contributed by atoms with Crippen molar-refractivity contribution in [3.05, 3.63) is 53.2 Å². The molecule has 0 heterocycles. The Morgan fingerprint density at radius 1 is 0.667 bits per heavy atom. The van der Waals surface area contributed by atoms with Crippen LogP contribution in [0.1, 0.15) is 73.1 Å². The number of aliphatic hydroxyl groups is 1. The van der Waals surface area contributed by atoms with Crippen molar-refractivity contribution < 1.29 is 5.11 Å². The summed E-state index contributed by atoms with van der Waals surface area (Å²) >= 11 is 0. The number of rotatable bonds is 10. The molecule has 0 aromatic rings. The zero-order valence-corrected chi connectivity index (χ0v) is 14.6. The van der Waals surface area contributed by atoms with E-state index in [2.05, 4.69) is 52.8 Å². The first-order valence-corrected chi connectivity index (χ1v) is 8.03. The van der Waals surface area contributed by atoms with E-state index in [9.17, 15) is 0 Å². The molecule has 0 unspecified atom stereocenters. The summed E-state index contributed by atoms with van der Waals surface area (Å²) in [6, 6.07) is 0. The van der Waals surface area contributed by atoms with E-state index in [0.29, 0.717) is 0 Å². The van der Waals surface area contributed by atoms with Crippen LogP contribution in [0.15, 0.2) is 46.6 Å². The smallest absolute Gasteiger partial charge is 0.102 e. The van der Waals surface area contributed by atoms with E-state index >= 15 is 0 Å². The van der Waals surface area contributed by atoms with Crippen LogP contribution in [0.25, 0.3) is 0 Å². The van der Waals surface area contributed by atoms with Crippen LogP contribution in [0.3, 0.4) is 0 Å². The highest BCUT2D eigenvalue weighted by Gasteiger charge is 1.93. The van der Waals surface area contributed by atoms with E-state index in [4.69, 9.17) is 5.11 Å². The van der Waals surface area contributed by atoms with E-state index in [1.807, 2.05) is 0 Å². The monoisotopic (exact) mass is 289 g/mol. The fraction of sp³-hybridized carbons (Fsp3) is 0.550. The van der Waals surface area contributed by atoms with Gasteiger partial charge in [0.1, 0.15) is 6.61 Å². The minimum absolute atomic E-state index is 1.02. The van der Waals surface area contributed by atoms with Crippen LogP contribution in [0.4, 0.5) is 0 Å². The van der Waals surface area contributed by atoms with Crippen molar-refractivity contribution in [2.45, 2.75) is 73.1 Å². The maximum atomic E-state index is 8.68. The average Bonchev–Trinajstić information content (AvgIpc) is 2.38. The predicted molar refractivity (Wildman–Crippen MR) is 94.6 cm³/mol. The Kier molecular flexibility index (Phi) is 12.0. The minimum Gasteiger partial charge on any atom is -0.386 e. The highest BCUT2D eigenvalue weighted by molar-refractivity contribution is 5.07. The summed E-state index contributed by atoms with van der Waals surface area (Å²) in [7, 11) is 0. The third kappa shape index (κ3) is 13.7. The molecule has 0 atom stereocenters. The molecular formula is C20H33O. The molecule has 1 N–H and O–H groups in total. The van der Waals surface area contributed by atoms with Gasteiger partial charge in [-0.05, 0) is 73.1 Å². The molecule has 0 bridgehead atoms. The zero-order chi connectivity index (χ0) is 16.1. The molecule has 0 rings (SSSR count). The molecule has 0 spiro atoms. The van der Waals surface area contributed by atoms with Crippen molar-refractivity contribution in [1.82, 2.24) is 0 Å². The lowest BCUT2D eigenvalue weighted by Crippen LogP contribution is -1.82. The van der Waals surface area contributed by atoms with E-state index in [-0.39, 0.29) is 0 Å². The Bertz CT molecular complexity index is 390. The summed E-state index contributed by atoms with van der Waals surface area (Å²) in [5.74, 6) is 0. The van der Waals surface area contributed by atoms with Crippen molar-refractivity contribution in [3.8, 4) is 0 Å². The molecule has 1 radical (unpaired) electrons. The molecule has 119 valence electrons. The molecule has 0 saturated heterocycles. The molecule has 0 aromatic heterocycles. The molecular weight excluding hydrogens is 256 g/mol. The standard InChI is InChI=1S/C20H33O/c1-17(2)9-6-10-18(3)11-7-12-19(4)13-8-14-20(5)15-16-21/h9,11,13,15-16,21H,6-8,10,12,14H2,1-5H3/b18-11+,19-13+,20-15+. The first kappa shape index (κ1) is 19.9. The van der Waals surface area contributed by atoms with Gasteiger partial charge < -0.3 is 5.11 Å². The molecule has 1 heteroatoms. The van der Waals surface area contributed by atoms with Crippen molar-refractivity contribution in [2.24, 2.45) is 0 Å². The number of aliphatic hydroxyl groups excluding tert-OH is 1. The summed E-state index contributed by atoms with van der Waals surface area (Å²) in [5.41, 5.74) is 5.59. The largest absolute Gasteiger partial charge is 0.386 e. The third-order valence-corrected chi connectivity index (χ3v) is 3.51. The topological polar surface area (TPSA) is 20.2 Å². The SMILES string of the molecule is CC(C)=CCC/C(C)=C/CC/C(C)=C/CC/C(C)=C/[CH]O. The summed E-state index contributed by atoms with van der Waals surface area (Å²) < 4.78 is 0. The zero-order valence-electron chi connectivity index (χ0n) is 14.6. The third-order valence-electron chi connectivity index (χ3n) is 3.51. The summed E-state index contributed by atoms with van der Waals surface area (Å²) in [6.45, 7) is 11.9. The maximum absolute atomic E-state index is 8.68. The molecule has 0 fully saturated rings. The van der Waals surface area contributed by atoms with Crippen LogP contribution in [-0.2, 0) is 0 Å². The number of hydrogen-bond acceptors (Lipinski definition) is 1. The van der Waals surface area contributed by atoms with Gasteiger partial charge in [-0.15, -0.1) is 0 Å². The first-order chi connectivity index (χ1) is 9.95. The second-order valence-corrected chi connectivity index (χ2v) is 6.16. The molecule has 0 aliphatic heterocycles. The number of hydrogen-bond donors (Lipinski definition) is 1. The lowest BCUT2D eigenvalue weighted by Gasteiger charge is -2.02. The number of allylic oxidation sites excluding steroid dienone is 7. The van der Waals surface area contributed by atoms with Gasteiger partial charge in [0, 0.05) is 0 Å². The molecule has 0 aliphatic carbocycles. The van der Waals surface area contributed by atoms with Crippen LogP contribution < -0.4 is 0 Å². The summed E-state index contributed by atoms with van der Waals surface area (Å²) in [4.78, 5) is 0. The second-order valence-electron chi connectivity index (χ2n) is 6.16. The van der Waals surface area contributed by atoms with Crippen LogP contribution in [-0.4, -0.2) is 5.11 Å². The van der Waals surface area contributed by atoms with Gasteiger partial charge in [-0.1, -0.05) is 46.6 Å². The van der Waals surface area contributed by atoms with Gasteiger partial charge in [-0.3, -0.25) is 0 Å². The van der Waals surface area contributed by atoms with Gasteiger partial charge in [-0.2, -0.15) is 0 Å². The van der Waals surface area contributed by atoms with Crippen LogP contribution >= 0.6 is 0 Å². The van der Waals surface area contributed by atoms with Crippen molar-refractivity contribution in [1.29, 1.82) is 0 Å². The van der Waals surface area contributed by atoms with E-state index < -0.39 is 0 Å². The highest BCUT2D eigenvalue weighted by atomic mass is 16.2. The molecule has 0 aromatic carbocycles. The molecule has 21 heavy (non-hydrogen) atoms. The lowest BCUT2D eigenvalue weighted by molar-refractivity contribution is 0.419. The van der Waals surface area contributed by atoms with Gasteiger partial charge in [0.25, 0.3) is 0 Å². The first-order valence-electron chi connectivity index (χ1n) is 8.03. The van der Waals surface area contributed by atoms with E-state index in [1.165, 1.54) is 28.7 Å². The van der Waals surface area contributed by atoms with Gasteiger partial charge in [-0.25, -0.2) is 0 Å². The quantitative estimate of drug-likeness (QED) is 0.445. The Morgan fingerprint density at radius 3 is 1.52 bits per heavy atom. The Balaban J connectivity index is 3.93. The summed E-state index contributed by atoms with van der Waals surface area (Å²) in [5, 5.41) is 8.68. The van der Waals surface area contributed by atoms with Crippen molar-refractivity contribution in [3.63, 3.8) is 0 Å². The average molecular weight is 289 g/mol. The van der Waals surface area contributed by atoms with Crippen molar-refractivity contribution in [2.75, 3.05) is 0 Å². The Morgan fingerprint density at radius 2 is 1.10 bits per heavy atom. The van der Waals surface area contributed by atoms with E-state index in [0.717, 1.165) is 38.7 Å². The molecule has 0 aliphatic rings. The molecule has 1 nitrogen and oxygen atoms in total. The van der Waals surface area contributed by atoms with Gasteiger partial charge in [0.15, 0.2) is 0 Å². The van der Waals surface area contributed by atoms with Crippen LogP contribution in [0.5, 0.6) is 0 Å². The maximum Gasteiger partial charge on any atom is 0.102 e. The van der Waals surface area contributed by atoms with Gasteiger partial charge >= 0.3 is 0 Å². The second kappa shape index (κ2) is 12.6. The van der Waals surface area contributed by atoms with E-state index in [1.54, 1.807) is 6.08 Å². The fourth-order valence-electron chi connectivity index (χ4n) is 2.10. The molecule has 0 saturated carbocycles. The fourth-order valence-corrected chi connectivity index (χ4v) is 2.10. The van der Waals surface area contributed by atoms with Gasteiger partial charge in [0.05, 0.1) is 0 Å². The van der Waals surface area contributed by atoms with Crippen LogP contribution in [0.2, 0.25) is 0 Å². The Labute approximate surface area is 132 Å². The minimum atomic E-state index is 1.02. The predicted octanol–water partition coefficient (Wildman–Crippen LogP) is 6.67. The van der Waals surface area contributed by atoms with Crippen molar-refractivity contribution >= 4 is 0 Å². The Hall–Kier alpha value is -1.08. The van der Waals surface area contributed by atoms with Crippen LogP contribution in [0, 0.1) is 6.61 Å². The van der Waals surface area contributed by atoms with Gasteiger partial charge in [0.2, 0.25) is 0 Å². The molecule has 0 amide bonds. The normalized spacial score (nSPS) is 13.5. The highest BCUT2D eigenvalue weighted by Crippen LogP contribution is 2.13. The lowest BCUT2D eigenvalue weighted by atomic mass is 10.0.